The molecule has 0 saturated heterocycles. The SMILES string of the molecule is CN=C(NCc1cccc(CN(C)C)c1)N(C)Cc1csc(C)n1.I. The van der Waals surface area contributed by atoms with E-state index in [9.17, 15) is 0 Å². The lowest BCUT2D eigenvalue weighted by atomic mass is 10.1. The largest absolute Gasteiger partial charge is 0.352 e. The molecule has 138 valence electrons. The highest BCUT2D eigenvalue weighted by molar-refractivity contribution is 14.0. The number of hydrogen-bond donors (Lipinski definition) is 1. The van der Waals surface area contributed by atoms with E-state index in [1.165, 1.54) is 11.1 Å². The van der Waals surface area contributed by atoms with Gasteiger partial charge in [-0.05, 0) is 32.1 Å². The number of rotatable bonds is 6. The van der Waals surface area contributed by atoms with Crippen molar-refractivity contribution in [1.29, 1.82) is 0 Å². The average Bonchev–Trinajstić information content (AvgIpc) is 2.92. The first-order chi connectivity index (χ1) is 11.5. The lowest BCUT2D eigenvalue weighted by molar-refractivity contribution is 0.402. The van der Waals surface area contributed by atoms with Crippen LogP contribution in [-0.2, 0) is 19.6 Å². The molecule has 5 nitrogen and oxygen atoms in total. The molecule has 7 heteroatoms. The predicted molar refractivity (Wildman–Crippen MR) is 118 cm³/mol. The average molecular weight is 473 g/mol. The van der Waals surface area contributed by atoms with E-state index in [2.05, 4.69) is 68.8 Å². The number of thiazole rings is 1. The van der Waals surface area contributed by atoms with Crippen molar-refractivity contribution in [2.75, 3.05) is 28.2 Å². The van der Waals surface area contributed by atoms with Crippen molar-refractivity contribution in [1.82, 2.24) is 20.1 Å². The molecule has 0 atom stereocenters. The van der Waals surface area contributed by atoms with Gasteiger partial charge in [-0.15, -0.1) is 35.3 Å². The minimum atomic E-state index is 0. The van der Waals surface area contributed by atoms with E-state index in [0.29, 0.717) is 0 Å². The van der Waals surface area contributed by atoms with Crippen LogP contribution in [0.2, 0.25) is 0 Å². The Kier molecular flexibility index (Phi) is 9.37. The Balaban J connectivity index is 0.00000312. The molecule has 1 N–H and O–H groups in total. The van der Waals surface area contributed by atoms with E-state index >= 15 is 0 Å². The van der Waals surface area contributed by atoms with Crippen LogP contribution in [0.15, 0.2) is 34.6 Å². The first-order valence-electron chi connectivity index (χ1n) is 8.03. The minimum absolute atomic E-state index is 0. The number of halogens is 1. The van der Waals surface area contributed by atoms with Crippen molar-refractivity contribution in [3.8, 4) is 0 Å². The summed E-state index contributed by atoms with van der Waals surface area (Å²) in [4.78, 5) is 13.2. The number of nitrogens with one attached hydrogen (secondary N) is 1. The van der Waals surface area contributed by atoms with Gasteiger partial charge in [0.15, 0.2) is 5.96 Å². The van der Waals surface area contributed by atoms with Crippen LogP contribution in [0, 0.1) is 6.92 Å². The van der Waals surface area contributed by atoms with Crippen LogP contribution in [0.25, 0.3) is 0 Å². The third-order valence-electron chi connectivity index (χ3n) is 3.58. The fraction of sp³-hybridized carbons (Fsp3) is 0.444. The minimum Gasteiger partial charge on any atom is -0.352 e. The molecule has 0 aliphatic rings. The highest BCUT2D eigenvalue weighted by Gasteiger charge is 2.08. The maximum Gasteiger partial charge on any atom is 0.194 e. The van der Waals surface area contributed by atoms with Crippen molar-refractivity contribution in [3.05, 3.63) is 51.5 Å². The summed E-state index contributed by atoms with van der Waals surface area (Å²) in [5, 5.41) is 6.63. The van der Waals surface area contributed by atoms with E-state index < -0.39 is 0 Å². The van der Waals surface area contributed by atoms with Gasteiger partial charge in [0.2, 0.25) is 0 Å². The number of nitrogens with zero attached hydrogens (tertiary/aromatic N) is 4. The first kappa shape index (κ1) is 21.9. The van der Waals surface area contributed by atoms with Gasteiger partial charge < -0.3 is 15.1 Å². The Hall–Kier alpha value is -1.19. The molecule has 0 bridgehead atoms. The van der Waals surface area contributed by atoms with E-state index in [4.69, 9.17) is 0 Å². The van der Waals surface area contributed by atoms with Crippen LogP contribution in [0.1, 0.15) is 21.8 Å². The lowest BCUT2D eigenvalue weighted by Crippen LogP contribution is -2.38. The number of guanidine groups is 1. The number of hydrogen-bond acceptors (Lipinski definition) is 4. The molecule has 0 aliphatic carbocycles. The van der Waals surface area contributed by atoms with Gasteiger partial charge in [0.05, 0.1) is 17.2 Å². The third-order valence-corrected chi connectivity index (χ3v) is 4.40. The Morgan fingerprint density at radius 1 is 1.20 bits per heavy atom. The topological polar surface area (TPSA) is 43.8 Å². The van der Waals surface area contributed by atoms with E-state index in [1.54, 1.807) is 11.3 Å². The lowest BCUT2D eigenvalue weighted by Gasteiger charge is -2.21. The fourth-order valence-electron chi connectivity index (χ4n) is 2.57. The molecule has 1 heterocycles. The molecule has 0 saturated carbocycles. The predicted octanol–water partition coefficient (Wildman–Crippen LogP) is 3.34. The normalized spacial score (nSPS) is 11.4. The summed E-state index contributed by atoms with van der Waals surface area (Å²) in [6.07, 6.45) is 0. The molecular weight excluding hydrogens is 445 g/mol. The van der Waals surface area contributed by atoms with Crippen LogP contribution in [0.5, 0.6) is 0 Å². The summed E-state index contributed by atoms with van der Waals surface area (Å²) in [5.41, 5.74) is 3.66. The van der Waals surface area contributed by atoms with Gasteiger partial charge in [0, 0.05) is 32.6 Å². The van der Waals surface area contributed by atoms with Gasteiger partial charge in [-0.25, -0.2) is 4.98 Å². The molecule has 0 spiro atoms. The molecular formula is C18H28IN5S. The second-order valence-corrected chi connectivity index (χ2v) is 7.23. The van der Waals surface area contributed by atoms with Crippen molar-refractivity contribution in [3.63, 3.8) is 0 Å². The summed E-state index contributed by atoms with van der Waals surface area (Å²) >= 11 is 1.68. The number of aryl methyl sites for hydroxylation is 1. The Morgan fingerprint density at radius 2 is 1.92 bits per heavy atom. The fourth-order valence-corrected chi connectivity index (χ4v) is 3.17. The standard InChI is InChI=1S/C18H27N5S.HI/c1-14-21-17(13-24-14)12-23(5)18(19-2)20-10-15-7-6-8-16(9-15)11-22(3)4;/h6-9,13H,10-12H2,1-5H3,(H,19,20);1H. The molecule has 0 amide bonds. The molecule has 0 aliphatic heterocycles. The van der Waals surface area contributed by atoms with Gasteiger partial charge in [0.25, 0.3) is 0 Å². The molecule has 0 unspecified atom stereocenters. The molecule has 0 fully saturated rings. The summed E-state index contributed by atoms with van der Waals surface area (Å²) < 4.78 is 0. The molecule has 25 heavy (non-hydrogen) atoms. The summed E-state index contributed by atoms with van der Waals surface area (Å²) in [5.74, 6) is 0.874. The van der Waals surface area contributed by atoms with E-state index in [0.717, 1.165) is 36.3 Å². The number of benzene rings is 1. The highest BCUT2D eigenvalue weighted by Crippen LogP contribution is 2.10. The van der Waals surface area contributed by atoms with E-state index in [-0.39, 0.29) is 24.0 Å². The Labute approximate surface area is 172 Å². The Morgan fingerprint density at radius 3 is 2.52 bits per heavy atom. The second kappa shape index (κ2) is 10.7. The molecule has 2 aromatic rings. The zero-order valence-corrected chi connectivity index (χ0v) is 18.8. The first-order valence-corrected chi connectivity index (χ1v) is 8.91. The molecule has 1 aromatic carbocycles. The zero-order chi connectivity index (χ0) is 17.5. The van der Waals surface area contributed by atoms with Crippen molar-refractivity contribution in [2.45, 2.75) is 26.6 Å². The van der Waals surface area contributed by atoms with Gasteiger partial charge in [-0.2, -0.15) is 0 Å². The van der Waals surface area contributed by atoms with Gasteiger partial charge >= 0.3 is 0 Å². The molecule has 2 rings (SSSR count). The smallest absolute Gasteiger partial charge is 0.194 e. The zero-order valence-electron chi connectivity index (χ0n) is 15.6. The second-order valence-electron chi connectivity index (χ2n) is 6.17. The van der Waals surface area contributed by atoms with Gasteiger partial charge in [-0.3, -0.25) is 4.99 Å². The number of aliphatic imine (C=N–C) groups is 1. The maximum atomic E-state index is 4.51. The van der Waals surface area contributed by atoms with Crippen molar-refractivity contribution >= 4 is 41.3 Å². The summed E-state index contributed by atoms with van der Waals surface area (Å²) in [6.45, 7) is 4.49. The molecule has 0 radical (unpaired) electrons. The van der Waals surface area contributed by atoms with Crippen molar-refractivity contribution in [2.24, 2.45) is 4.99 Å². The maximum absolute atomic E-state index is 4.51. The van der Waals surface area contributed by atoms with Gasteiger partial charge in [-0.1, -0.05) is 24.3 Å². The van der Waals surface area contributed by atoms with Crippen LogP contribution < -0.4 is 5.32 Å². The quantitative estimate of drug-likeness (QED) is 0.397. The third kappa shape index (κ3) is 7.29. The van der Waals surface area contributed by atoms with Crippen LogP contribution in [-0.4, -0.2) is 48.9 Å². The summed E-state index contributed by atoms with van der Waals surface area (Å²) in [6, 6.07) is 8.66. The van der Waals surface area contributed by atoms with Crippen LogP contribution in [0.4, 0.5) is 0 Å². The Bertz CT molecular complexity index is 684. The number of aromatic nitrogens is 1. The van der Waals surface area contributed by atoms with Crippen LogP contribution in [0.3, 0.4) is 0 Å². The monoisotopic (exact) mass is 473 g/mol. The molecule has 1 aromatic heterocycles. The van der Waals surface area contributed by atoms with Crippen LogP contribution >= 0.6 is 35.3 Å². The van der Waals surface area contributed by atoms with E-state index in [1.807, 2.05) is 21.0 Å². The van der Waals surface area contributed by atoms with Crippen molar-refractivity contribution < 1.29 is 0 Å². The summed E-state index contributed by atoms with van der Waals surface area (Å²) in [7, 11) is 8.02. The highest BCUT2D eigenvalue weighted by atomic mass is 127. The van der Waals surface area contributed by atoms with Gasteiger partial charge in [0.1, 0.15) is 0 Å².